The average molecular weight is 956 g/mol. The third-order valence-corrected chi connectivity index (χ3v) is 15.5. The van der Waals surface area contributed by atoms with Crippen LogP contribution in [0.3, 0.4) is 0 Å². The van der Waals surface area contributed by atoms with Gasteiger partial charge in [-0.05, 0) is 133 Å². The molecule has 1 atom stereocenters. The first-order valence-electron chi connectivity index (χ1n) is 24.5. The number of rotatable bonds is 10. The number of benzene rings is 5. The Morgan fingerprint density at radius 3 is 2.30 bits per heavy atom. The number of amides is 5. The number of nitrogens with zero attached hydrogens (tertiary/aromatic N) is 6. The van der Waals surface area contributed by atoms with Gasteiger partial charge in [-0.15, -0.1) is 0 Å². The summed E-state index contributed by atoms with van der Waals surface area (Å²) in [6.07, 6.45) is 5.84. The molecule has 11 rings (SSSR count). The van der Waals surface area contributed by atoms with Crippen LogP contribution in [-0.2, 0) is 28.5 Å². The van der Waals surface area contributed by atoms with Crippen molar-refractivity contribution in [3.8, 4) is 22.3 Å². The second-order valence-corrected chi connectivity index (χ2v) is 19.5. The molecule has 15 nitrogen and oxygen atoms in total. The number of nitrogens with one attached hydrogen (secondary N) is 3. The monoisotopic (exact) mass is 955 g/mol. The van der Waals surface area contributed by atoms with Gasteiger partial charge in [-0.25, -0.2) is 9.18 Å². The maximum absolute atomic E-state index is 17.3. The fourth-order valence-corrected chi connectivity index (χ4v) is 11.6. The summed E-state index contributed by atoms with van der Waals surface area (Å²) in [7, 11) is 4.94. The Labute approximate surface area is 408 Å². The summed E-state index contributed by atoms with van der Waals surface area (Å²) in [6.45, 7) is 2.29. The van der Waals surface area contributed by atoms with E-state index >= 15 is 4.39 Å². The molecule has 3 aliphatic heterocycles. The molecule has 5 heterocycles. The molecule has 0 spiro atoms. The van der Waals surface area contributed by atoms with E-state index in [1.807, 2.05) is 42.5 Å². The van der Waals surface area contributed by atoms with E-state index in [0.717, 1.165) is 73.2 Å². The lowest BCUT2D eigenvalue weighted by Gasteiger charge is -2.45. The number of anilines is 3. The predicted octanol–water partition coefficient (Wildman–Crippen LogP) is 7.83. The molecule has 4 fully saturated rings. The molecule has 2 aromatic heterocycles. The van der Waals surface area contributed by atoms with Crippen molar-refractivity contribution in [1.82, 2.24) is 29.5 Å². The van der Waals surface area contributed by atoms with Crippen molar-refractivity contribution in [2.45, 2.75) is 63.3 Å². The number of imide groups is 1. The number of piperidine rings is 2. The van der Waals surface area contributed by atoms with Gasteiger partial charge in [0.2, 0.25) is 17.7 Å². The van der Waals surface area contributed by atoms with Gasteiger partial charge in [0, 0.05) is 76.1 Å². The second kappa shape index (κ2) is 18.1. The van der Waals surface area contributed by atoms with E-state index < -0.39 is 23.7 Å². The van der Waals surface area contributed by atoms with E-state index in [4.69, 9.17) is 0 Å². The highest BCUT2D eigenvalue weighted by atomic mass is 19.1. The summed E-state index contributed by atoms with van der Waals surface area (Å²) < 4.78 is 22.0. The molecule has 1 aliphatic carbocycles. The van der Waals surface area contributed by atoms with Crippen LogP contribution in [0.5, 0.6) is 0 Å². The minimum absolute atomic E-state index is 0.0507. The molecule has 0 bridgehead atoms. The first-order valence-corrected chi connectivity index (χ1v) is 24.5. The normalized spacial score (nSPS) is 19.6. The van der Waals surface area contributed by atoms with Gasteiger partial charge >= 0.3 is 5.69 Å². The van der Waals surface area contributed by atoms with Crippen LogP contribution in [0.25, 0.3) is 44.2 Å². The topological polar surface area (TPSA) is 173 Å². The van der Waals surface area contributed by atoms with Crippen LogP contribution in [0, 0.1) is 17.7 Å². The Morgan fingerprint density at radius 1 is 0.761 bits per heavy atom. The lowest BCUT2D eigenvalue weighted by atomic mass is 9.64. The minimum Gasteiger partial charge on any atom is -0.370 e. The molecule has 4 aliphatic rings. The molecule has 5 aromatic carbocycles. The molecule has 5 amide bonds. The molecular formula is C55H54FN9O6. The number of aryl methyl sites for hydroxylation is 2. The molecule has 16 heteroatoms. The van der Waals surface area contributed by atoms with Crippen molar-refractivity contribution in [1.29, 1.82) is 0 Å². The molecule has 1 saturated carbocycles. The van der Waals surface area contributed by atoms with Crippen LogP contribution < -0.4 is 31.4 Å². The summed E-state index contributed by atoms with van der Waals surface area (Å²) in [5.74, 6) is -0.776. The maximum atomic E-state index is 17.3. The molecule has 3 N–H and O–H groups in total. The molecule has 3 saturated heterocycles. The number of halogens is 1. The van der Waals surface area contributed by atoms with Crippen LogP contribution in [0.2, 0.25) is 0 Å². The summed E-state index contributed by atoms with van der Waals surface area (Å²) in [5, 5.41) is 12.3. The fraction of sp³-hybridized carbons (Fsp3) is 0.327. The number of hydrogen-bond acceptors (Lipinski definition) is 8. The van der Waals surface area contributed by atoms with Gasteiger partial charge in [0.05, 0.1) is 27.6 Å². The van der Waals surface area contributed by atoms with Gasteiger partial charge in [-0.3, -0.25) is 43.1 Å². The van der Waals surface area contributed by atoms with Crippen molar-refractivity contribution >= 4 is 68.5 Å². The lowest BCUT2D eigenvalue weighted by Crippen LogP contribution is -2.44. The first-order chi connectivity index (χ1) is 34.4. The Morgan fingerprint density at radius 2 is 1.54 bits per heavy atom. The van der Waals surface area contributed by atoms with Crippen LogP contribution >= 0.6 is 0 Å². The van der Waals surface area contributed by atoms with E-state index in [1.165, 1.54) is 17.3 Å². The van der Waals surface area contributed by atoms with Gasteiger partial charge in [0.15, 0.2) is 5.69 Å². The highest BCUT2D eigenvalue weighted by Gasteiger charge is 2.38. The van der Waals surface area contributed by atoms with Gasteiger partial charge in [-0.1, -0.05) is 42.5 Å². The number of imidazole rings is 1. The Bertz CT molecular complexity index is 3410. The largest absolute Gasteiger partial charge is 0.370 e. The zero-order valence-electron chi connectivity index (χ0n) is 39.8. The summed E-state index contributed by atoms with van der Waals surface area (Å²) in [4.78, 5) is 81.7. The highest BCUT2D eigenvalue weighted by Crippen LogP contribution is 2.49. The van der Waals surface area contributed by atoms with E-state index in [9.17, 15) is 28.8 Å². The standard InChI is InChI=1S/C55H54FN9O6/c1-57-52(68)34-10-5-11-37(29-34)58-54(70)50-48-42(62(3)60-50)18-17-40(49(48)56)39-16-15-38(64-23-7-14-47(64)67)30-41(39)33-9-4-8-32(26-33)36-27-35(28-36)31-21-24-63(25-22-31)43-12-6-13-44-51(43)61(2)55(71)65(44)45-19-20-46(66)59-53(45)69/h4-6,8-13,15-18,26,29-31,35-36,45H,7,14,19-25,27-28H2,1-3H3,(H,57,68)(H,58,70)(H,59,66,69). The van der Waals surface area contributed by atoms with Gasteiger partial charge in [-0.2, -0.15) is 5.10 Å². The third-order valence-electron chi connectivity index (χ3n) is 15.5. The molecule has 1 unspecified atom stereocenters. The van der Waals surface area contributed by atoms with Gasteiger partial charge < -0.3 is 20.4 Å². The first kappa shape index (κ1) is 45.6. The number of aromatic nitrogens is 4. The van der Waals surface area contributed by atoms with Crippen LogP contribution in [0.15, 0.2) is 102 Å². The van der Waals surface area contributed by atoms with Gasteiger partial charge in [0.25, 0.3) is 11.8 Å². The van der Waals surface area contributed by atoms with Gasteiger partial charge in [0.1, 0.15) is 11.9 Å². The third kappa shape index (κ3) is 8.04. The highest BCUT2D eigenvalue weighted by molar-refractivity contribution is 6.13. The van der Waals surface area contributed by atoms with Crippen LogP contribution in [0.4, 0.5) is 21.5 Å². The Hall–Kier alpha value is -7.88. The fourth-order valence-electron chi connectivity index (χ4n) is 11.6. The van der Waals surface area contributed by atoms with Crippen LogP contribution in [0.1, 0.15) is 89.7 Å². The minimum atomic E-state index is -0.736. The SMILES string of the molecule is CNC(=O)c1cccc(NC(=O)c2nn(C)c3ccc(-c4ccc(N5CCCC5=O)cc4-c4cccc(C5CC(C6CCN(c7cccc8c7n(C)c(=O)n8C7CCC(=O)NC7=O)CC6)C5)c4)c(F)c23)c1. The quantitative estimate of drug-likeness (QED) is 0.117. The Balaban J connectivity index is 0.837. The van der Waals surface area contributed by atoms with E-state index in [1.54, 1.807) is 64.5 Å². The summed E-state index contributed by atoms with van der Waals surface area (Å²) in [6, 6.07) is 29.3. The second-order valence-electron chi connectivity index (χ2n) is 19.5. The number of hydrogen-bond donors (Lipinski definition) is 3. The molecule has 0 radical (unpaired) electrons. The predicted molar refractivity (Wildman–Crippen MR) is 270 cm³/mol. The van der Waals surface area contributed by atoms with Crippen molar-refractivity contribution in [2.24, 2.45) is 25.9 Å². The molecular weight excluding hydrogens is 902 g/mol. The van der Waals surface area contributed by atoms with Crippen molar-refractivity contribution in [3.63, 3.8) is 0 Å². The average Bonchev–Trinajstić information content (AvgIpc) is 4.03. The van der Waals surface area contributed by atoms with E-state index in [-0.39, 0.29) is 47.3 Å². The zero-order chi connectivity index (χ0) is 49.2. The zero-order valence-corrected chi connectivity index (χ0v) is 39.8. The lowest BCUT2D eigenvalue weighted by molar-refractivity contribution is -0.135. The number of para-hydroxylation sites is 1. The molecule has 362 valence electrons. The van der Waals surface area contributed by atoms with Crippen LogP contribution in [-0.4, -0.2) is 75.1 Å². The van der Waals surface area contributed by atoms with Crippen molar-refractivity contribution < 1.29 is 28.4 Å². The summed E-state index contributed by atoms with van der Waals surface area (Å²) >= 11 is 0. The van der Waals surface area contributed by atoms with E-state index in [2.05, 4.69) is 44.1 Å². The number of carbonyl (C=O) groups excluding carboxylic acids is 5. The maximum Gasteiger partial charge on any atom is 0.329 e. The van der Waals surface area contributed by atoms with Crippen molar-refractivity contribution in [2.75, 3.05) is 41.8 Å². The summed E-state index contributed by atoms with van der Waals surface area (Å²) in [5.41, 5.74) is 7.80. The molecule has 7 aromatic rings. The number of carbonyl (C=O) groups is 5. The molecule has 71 heavy (non-hydrogen) atoms. The van der Waals surface area contributed by atoms with Crippen molar-refractivity contribution in [3.05, 3.63) is 130 Å². The van der Waals surface area contributed by atoms with E-state index in [0.29, 0.717) is 64.1 Å². The smallest absolute Gasteiger partial charge is 0.329 e. The number of fused-ring (bicyclic) bond motifs is 2. The Kier molecular flexibility index (Phi) is 11.6.